The third-order valence-electron chi connectivity index (χ3n) is 5.61. The molecule has 7 nitrogen and oxygen atoms in total. The Hall–Kier alpha value is -2.03. The Morgan fingerprint density at radius 3 is 2.79 bits per heavy atom. The van der Waals surface area contributed by atoms with Crippen molar-refractivity contribution in [3.8, 4) is 0 Å². The molecule has 4 rings (SSSR count). The summed E-state index contributed by atoms with van der Waals surface area (Å²) >= 11 is 0. The van der Waals surface area contributed by atoms with Gasteiger partial charge in [-0.15, -0.1) is 0 Å². The van der Waals surface area contributed by atoms with Crippen LogP contribution < -0.4 is 5.32 Å². The molecule has 0 spiro atoms. The van der Waals surface area contributed by atoms with Gasteiger partial charge in [0.25, 0.3) is 0 Å². The molecule has 1 aromatic carbocycles. The minimum Gasteiger partial charge on any atom is -0.376 e. The fraction of sp³-hybridized carbons (Fsp3) is 0.500. The van der Waals surface area contributed by atoms with Crippen LogP contribution in [-0.2, 0) is 19.6 Å². The molecule has 0 bridgehead atoms. The van der Waals surface area contributed by atoms with E-state index in [4.69, 9.17) is 4.74 Å². The lowest BCUT2D eigenvalue weighted by Gasteiger charge is -2.31. The van der Waals surface area contributed by atoms with Gasteiger partial charge in [-0.3, -0.25) is 9.78 Å². The zero-order chi connectivity index (χ0) is 19.6. The minimum atomic E-state index is -3.61. The van der Waals surface area contributed by atoms with E-state index in [0.29, 0.717) is 42.8 Å². The third kappa shape index (κ3) is 3.90. The average Bonchev–Trinajstić information content (AvgIpc) is 3.25. The highest BCUT2D eigenvalue weighted by molar-refractivity contribution is 7.89. The van der Waals surface area contributed by atoms with Crippen LogP contribution in [0.4, 0.5) is 0 Å². The molecular formula is C20H25N3O4S. The Labute approximate surface area is 165 Å². The molecule has 0 aliphatic carbocycles. The minimum absolute atomic E-state index is 0.00350. The van der Waals surface area contributed by atoms with Crippen molar-refractivity contribution < 1.29 is 17.9 Å². The van der Waals surface area contributed by atoms with Gasteiger partial charge in [0.2, 0.25) is 15.9 Å². The lowest BCUT2D eigenvalue weighted by atomic mass is 9.97. The monoisotopic (exact) mass is 403 g/mol. The molecule has 3 heterocycles. The normalized spacial score (nSPS) is 21.8. The molecule has 2 aromatic rings. The van der Waals surface area contributed by atoms with Crippen LogP contribution in [0.5, 0.6) is 0 Å². The van der Waals surface area contributed by atoms with E-state index in [2.05, 4.69) is 10.3 Å². The number of hydrogen-bond donors (Lipinski definition) is 1. The van der Waals surface area contributed by atoms with E-state index in [1.54, 1.807) is 30.6 Å². The van der Waals surface area contributed by atoms with Gasteiger partial charge in [0.05, 0.1) is 11.0 Å². The zero-order valence-electron chi connectivity index (χ0n) is 15.7. The molecule has 1 amide bonds. The number of benzene rings is 1. The number of amides is 1. The van der Waals surface area contributed by atoms with Gasteiger partial charge in [0, 0.05) is 55.3 Å². The number of carbonyl (C=O) groups is 1. The molecule has 2 aliphatic heterocycles. The summed E-state index contributed by atoms with van der Waals surface area (Å²) in [5.74, 6) is -0.145. The van der Waals surface area contributed by atoms with Gasteiger partial charge in [-0.25, -0.2) is 8.42 Å². The van der Waals surface area contributed by atoms with E-state index in [1.165, 1.54) is 4.31 Å². The lowest BCUT2D eigenvalue weighted by Crippen LogP contribution is -2.44. The molecule has 1 unspecified atom stereocenters. The second kappa shape index (κ2) is 8.14. The highest BCUT2D eigenvalue weighted by Crippen LogP contribution is 2.28. The molecule has 28 heavy (non-hydrogen) atoms. The van der Waals surface area contributed by atoms with Crippen molar-refractivity contribution in [3.05, 3.63) is 36.7 Å². The van der Waals surface area contributed by atoms with Gasteiger partial charge in [0.1, 0.15) is 0 Å². The molecule has 2 saturated heterocycles. The maximum absolute atomic E-state index is 13.2. The van der Waals surface area contributed by atoms with Crippen molar-refractivity contribution >= 4 is 26.7 Å². The van der Waals surface area contributed by atoms with Crippen LogP contribution in [0.3, 0.4) is 0 Å². The Kier molecular flexibility index (Phi) is 5.61. The highest BCUT2D eigenvalue weighted by atomic mass is 32.2. The molecule has 0 radical (unpaired) electrons. The van der Waals surface area contributed by atoms with E-state index >= 15 is 0 Å². The van der Waals surface area contributed by atoms with Crippen molar-refractivity contribution in [2.75, 3.05) is 26.2 Å². The molecule has 1 aromatic heterocycles. The van der Waals surface area contributed by atoms with E-state index in [0.717, 1.165) is 24.8 Å². The number of hydrogen-bond acceptors (Lipinski definition) is 5. The summed E-state index contributed by atoms with van der Waals surface area (Å²) < 4.78 is 33.4. The second-order valence-electron chi connectivity index (χ2n) is 7.41. The molecule has 2 aliphatic rings. The smallest absolute Gasteiger partial charge is 0.243 e. The van der Waals surface area contributed by atoms with Crippen LogP contribution in [-0.4, -0.2) is 56.0 Å². The van der Waals surface area contributed by atoms with Gasteiger partial charge in [0.15, 0.2) is 0 Å². The molecule has 1 atom stereocenters. The van der Waals surface area contributed by atoms with Gasteiger partial charge < -0.3 is 10.1 Å². The maximum Gasteiger partial charge on any atom is 0.243 e. The number of sulfonamides is 1. The predicted octanol–water partition coefficient (Wildman–Crippen LogP) is 1.93. The molecule has 1 N–H and O–H groups in total. The number of nitrogens with zero attached hydrogens (tertiary/aromatic N) is 2. The van der Waals surface area contributed by atoms with Gasteiger partial charge in [-0.05, 0) is 37.8 Å². The van der Waals surface area contributed by atoms with Crippen molar-refractivity contribution in [2.24, 2.45) is 5.92 Å². The SMILES string of the molecule is O=C(NCC1CCCO1)C1CCN(S(=O)(=O)c2cccc3cnccc23)CC1. The third-order valence-corrected chi connectivity index (χ3v) is 7.57. The Balaban J connectivity index is 1.40. The average molecular weight is 404 g/mol. The number of piperidine rings is 1. The molecule has 0 saturated carbocycles. The fourth-order valence-corrected chi connectivity index (χ4v) is 5.66. The first-order valence-electron chi connectivity index (χ1n) is 9.78. The summed E-state index contributed by atoms with van der Waals surface area (Å²) in [6, 6.07) is 6.96. The molecular weight excluding hydrogens is 378 g/mol. The van der Waals surface area contributed by atoms with Crippen LogP contribution in [0.25, 0.3) is 10.8 Å². The number of carbonyl (C=O) groups excluding carboxylic acids is 1. The van der Waals surface area contributed by atoms with E-state index in [9.17, 15) is 13.2 Å². The van der Waals surface area contributed by atoms with Crippen LogP contribution in [0, 0.1) is 5.92 Å². The van der Waals surface area contributed by atoms with Gasteiger partial charge in [-0.1, -0.05) is 12.1 Å². The lowest BCUT2D eigenvalue weighted by molar-refractivity contribution is -0.126. The van der Waals surface area contributed by atoms with Crippen LogP contribution >= 0.6 is 0 Å². The summed E-state index contributed by atoms with van der Waals surface area (Å²) in [6.07, 6.45) is 6.47. The molecule has 2 fully saturated rings. The summed E-state index contributed by atoms with van der Waals surface area (Å²) in [5.41, 5.74) is 0. The number of pyridine rings is 1. The van der Waals surface area contributed by atoms with E-state index < -0.39 is 10.0 Å². The number of aromatic nitrogens is 1. The largest absolute Gasteiger partial charge is 0.376 e. The topological polar surface area (TPSA) is 88.6 Å². The Bertz CT molecular complexity index is 944. The van der Waals surface area contributed by atoms with Gasteiger partial charge in [-0.2, -0.15) is 4.31 Å². The van der Waals surface area contributed by atoms with Crippen molar-refractivity contribution in [3.63, 3.8) is 0 Å². The summed E-state index contributed by atoms with van der Waals surface area (Å²) in [5, 5.41) is 4.44. The van der Waals surface area contributed by atoms with Crippen molar-refractivity contribution in [1.82, 2.24) is 14.6 Å². The highest BCUT2D eigenvalue weighted by Gasteiger charge is 2.33. The van der Waals surface area contributed by atoms with Crippen LogP contribution in [0.1, 0.15) is 25.7 Å². The number of fused-ring (bicyclic) bond motifs is 1. The fourth-order valence-electron chi connectivity index (χ4n) is 3.98. The summed E-state index contributed by atoms with van der Waals surface area (Å²) in [4.78, 5) is 16.8. The van der Waals surface area contributed by atoms with Gasteiger partial charge >= 0.3 is 0 Å². The second-order valence-corrected chi connectivity index (χ2v) is 9.32. The Morgan fingerprint density at radius 2 is 2.04 bits per heavy atom. The van der Waals surface area contributed by atoms with Crippen LogP contribution in [0.2, 0.25) is 0 Å². The first kappa shape index (κ1) is 19.3. The predicted molar refractivity (Wildman–Crippen MR) is 105 cm³/mol. The maximum atomic E-state index is 13.2. The number of nitrogens with one attached hydrogen (secondary N) is 1. The van der Waals surface area contributed by atoms with Crippen molar-refractivity contribution in [2.45, 2.75) is 36.7 Å². The zero-order valence-corrected chi connectivity index (χ0v) is 16.5. The number of ether oxygens (including phenoxy) is 1. The van der Waals surface area contributed by atoms with Crippen molar-refractivity contribution in [1.29, 1.82) is 0 Å². The Morgan fingerprint density at radius 1 is 1.21 bits per heavy atom. The van der Waals surface area contributed by atoms with E-state index in [-0.39, 0.29) is 17.9 Å². The molecule has 150 valence electrons. The standard InChI is InChI=1S/C20H25N3O4S/c24-20(22-14-17-4-2-12-27-17)15-7-10-23(11-8-15)28(25,26)19-5-1-3-16-13-21-9-6-18(16)19/h1,3,5-6,9,13,15,17H,2,4,7-8,10-12,14H2,(H,22,24). The van der Waals surface area contributed by atoms with Crippen LogP contribution in [0.15, 0.2) is 41.6 Å². The summed E-state index contributed by atoms with van der Waals surface area (Å²) in [7, 11) is -3.61. The van der Waals surface area contributed by atoms with E-state index in [1.807, 2.05) is 6.07 Å². The first-order chi connectivity index (χ1) is 13.6. The molecule has 8 heteroatoms. The summed E-state index contributed by atoms with van der Waals surface area (Å²) in [6.45, 7) is 2.01. The quantitative estimate of drug-likeness (QED) is 0.824. The number of rotatable bonds is 5. The first-order valence-corrected chi connectivity index (χ1v) is 11.2.